The minimum Gasteiger partial charge on any atom is -0.463 e. The molecule has 116 valence electrons. The van der Waals surface area contributed by atoms with Crippen molar-refractivity contribution in [2.75, 3.05) is 12.3 Å². The normalized spacial score (nSPS) is 11.8. The van der Waals surface area contributed by atoms with Gasteiger partial charge in [0.2, 0.25) is 0 Å². The van der Waals surface area contributed by atoms with E-state index in [0.717, 1.165) is 0 Å². The first-order valence-electron chi connectivity index (χ1n) is 6.83. The summed E-state index contributed by atoms with van der Waals surface area (Å²) >= 11 is 3.29. The molecule has 5 nitrogen and oxygen atoms in total. The second-order valence-corrected chi connectivity index (χ2v) is 5.52. The van der Waals surface area contributed by atoms with Crippen LogP contribution < -0.4 is 5.73 Å². The van der Waals surface area contributed by atoms with E-state index in [1.165, 1.54) is 0 Å². The summed E-state index contributed by atoms with van der Waals surface area (Å²) in [7, 11) is 0. The lowest BCUT2D eigenvalue weighted by Crippen LogP contribution is -2.29. The fourth-order valence-corrected chi connectivity index (χ4v) is 2.30. The van der Waals surface area contributed by atoms with E-state index < -0.39 is 18.0 Å². The van der Waals surface area contributed by atoms with E-state index in [1.54, 1.807) is 26.0 Å². The predicted octanol–water partition coefficient (Wildman–Crippen LogP) is 3.23. The highest BCUT2D eigenvalue weighted by atomic mass is 79.9. The van der Waals surface area contributed by atoms with Crippen molar-refractivity contribution in [3.8, 4) is 0 Å². The number of esters is 2. The molecule has 0 fully saturated rings. The zero-order valence-electron chi connectivity index (χ0n) is 12.4. The van der Waals surface area contributed by atoms with Crippen LogP contribution in [-0.2, 0) is 14.3 Å². The summed E-state index contributed by atoms with van der Waals surface area (Å²) in [5.41, 5.74) is 7.28. The quantitative estimate of drug-likeness (QED) is 0.624. The van der Waals surface area contributed by atoms with E-state index in [0.29, 0.717) is 34.1 Å². The van der Waals surface area contributed by atoms with Crippen molar-refractivity contribution in [3.05, 3.63) is 27.7 Å². The van der Waals surface area contributed by atoms with Gasteiger partial charge in [0.25, 0.3) is 0 Å². The van der Waals surface area contributed by atoms with Gasteiger partial charge in [0.1, 0.15) is 0 Å². The van der Waals surface area contributed by atoms with Gasteiger partial charge in [-0.25, -0.2) is 9.59 Å². The number of hydrogen-bond donors (Lipinski definition) is 1. The fourth-order valence-electron chi connectivity index (χ4n) is 1.83. The molecule has 0 saturated carbocycles. The molecule has 1 rings (SSSR count). The Labute approximate surface area is 132 Å². The molecule has 0 aliphatic rings. The third-order valence-electron chi connectivity index (χ3n) is 2.98. The maximum Gasteiger partial charge on any atom is 0.347 e. The number of carbonyl (C=O) groups excluding carboxylic acids is 2. The van der Waals surface area contributed by atoms with Crippen molar-refractivity contribution >= 4 is 33.6 Å². The SMILES string of the molecule is CCCC(OC(=O)c1cc(Br)cc(N)c1C)C(=O)OCC. The fraction of sp³-hybridized carbons (Fsp3) is 0.467. The van der Waals surface area contributed by atoms with Crippen LogP contribution in [0.15, 0.2) is 16.6 Å². The molecule has 0 bridgehead atoms. The van der Waals surface area contributed by atoms with Gasteiger partial charge in [-0.05, 0) is 38.0 Å². The summed E-state index contributed by atoms with van der Waals surface area (Å²) in [5.74, 6) is -1.10. The zero-order chi connectivity index (χ0) is 16.0. The Bertz CT molecular complexity index is 531. The average molecular weight is 358 g/mol. The molecule has 2 N–H and O–H groups in total. The van der Waals surface area contributed by atoms with E-state index in [9.17, 15) is 9.59 Å². The van der Waals surface area contributed by atoms with Gasteiger partial charge in [-0.15, -0.1) is 0 Å². The van der Waals surface area contributed by atoms with Gasteiger partial charge >= 0.3 is 11.9 Å². The molecular formula is C15H20BrNO4. The topological polar surface area (TPSA) is 78.6 Å². The van der Waals surface area contributed by atoms with Crippen LogP contribution in [0, 0.1) is 6.92 Å². The average Bonchev–Trinajstić information content (AvgIpc) is 2.42. The van der Waals surface area contributed by atoms with Crippen molar-refractivity contribution in [1.82, 2.24) is 0 Å². The Morgan fingerprint density at radius 3 is 2.57 bits per heavy atom. The highest BCUT2D eigenvalue weighted by molar-refractivity contribution is 9.10. The first kappa shape index (κ1) is 17.5. The Morgan fingerprint density at radius 1 is 1.33 bits per heavy atom. The van der Waals surface area contributed by atoms with Crippen LogP contribution in [0.3, 0.4) is 0 Å². The van der Waals surface area contributed by atoms with Crippen molar-refractivity contribution in [1.29, 1.82) is 0 Å². The van der Waals surface area contributed by atoms with E-state index in [1.807, 2.05) is 6.92 Å². The number of hydrogen-bond acceptors (Lipinski definition) is 5. The van der Waals surface area contributed by atoms with Gasteiger partial charge in [-0.1, -0.05) is 29.3 Å². The predicted molar refractivity (Wildman–Crippen MR) is 84.0 cm³/mol. The molecule has 1 atom stereocenters. The van der Waals surface area contributed by atoms with Crippen molar-refractivity contribution in [2.45, 2.75) is 39.7 Å². The van der Waals surface area contributed by atoms with Crippen molar-refractivity contribution < 1.29 is 19.1 Å². The number of benzene rings is 1. The lowest BCUT2D eigenvalue weighted by atomic mass is 10.1. The molecule has 0 amide bonds. The van der Waals surface area contributed by atoms with Gasteiger partial charge in [-0.2, -0.15) is 0 Å². The minimum atomic E-state index is -0.887. The molecule has 0 saturated heterocycles. The number of nitrogen functional groups attached to an aromatic ring is 1. The summed E-state index contributed by atoms with van der Waals surface area (Å²) in [6.07, 6.45) is 0.241. The van der Waals surface area contributed by atoms with Crippen molar-refractivity contribution in [2.24, 2.45) is 0 Å². The number of halogens is 1. The largest absolute Gasteiger partial charge is 0.463 e. The molecule has 1 aromatic rings. The van der Waals surface area contributed by atoms with Crippen LogP contribution in [-0.4, -0.2) is 24.6 Å². The van der Waals surface area contributed by atoms with Crippen LogP contribution >= 0.6 is 15.9 Å². The molecule has 6 heteroatoms. The number of ether oxygens (including phenoxy) is 2. The molecule has 0 aliphatic carbocycles. The van der Waals surface area contributed by atoms with Crippen LogP contribution in [0.25, 0.3) is 0 Å². The smallest absolute Gasteiger partial charge is 0.347 e. The van der Waals surface area contributed by atoms with Gasteiger partial charge in [0.15, 0.2) is 6.10 Å². The molecule has 0 spiro atoms. The van der Waals surface area contributed by atoms with E-state index >= 15 is 0 Å². The van der Waals surface area contributed by atoms with Crippen LogP contribution in [0.2, 0.25) is 0 Å². The highest BCUT2D eigenvalue weighted by Crippen LogP contribution is 2.24. The van der Waals surface area contributed by atoms with Crippen molar-refractivity contribution in [3.63, 3.8) is 0 Å². The maximum atomic E-state index is 12.3. The highest BCUT2D eigenvalue weighted by Gasteiger charge is 2.25. The van der Waals surface area contributed by atoms with Gasteiger partial charge < -0.3 is 15.2 Å². The summed E-state index contributed by atoms with van der Waals surface area (Å²) in [6, 6.07) is 3.34. The first-order valence-corrected chi connectivity index (χ1v) is 7.63. The lowest BCUT2D eigenvalue weighted by Gasteiger charge is -2.17. The molecule has 0 radical (unpaired) electrons. The molecule has 0 heterocycles. The Hall–Kier alpha value is -1.56. The standard InChI is InChI=1S/C15H20BrNO4/c1-4-6-13(15(19)20-5-2)21-14(18)11-7-10(16)8-12(17)9(11)3/h7-8,13H,4-6,17H2,1-3H3. The number of rotatable bonds is 6. The number of carbonyl (C=O) groups is 2. The lowest BCUT2D eigenvalue weighted by molar-refractivity contribution is -0.153. The maximum absolute atomic E-state index is 12.3. The third kappa shape index (κ3) is 4.74. The van der Waals surface area contributed by atoms with Gasteiger partial charge in [0.05, 0.1) is 12.2 Å². The summed E-state index contributed by atoms with van der Waals surface area (Å²) in [6.45, 7) is 5.60. The van der Waals surface area contributed by atoms with Crippen LogP contribution in [0.4, 0.5) is 5.69 Å². The molecule has 1 unspecified atom stereocenters. The summed E-state index contributed by atoms with van der Waals surface area (Å²) in [4.78, 5) is 24.0. The van der Waals surface area contributed by atoms with E-state index in [-0.39, 0.29) is 6.61 Å². The molecule has 0 aliphatic heterocycles. The van der Waals surface area contributed by atoms with Crippen LogP contribution in [0.5, 0.6) is 0 Å². The molecule has 1 aromatic carbocycles. The number of anilines is 1. The van der Waals surface area contributed by atoms with Gasteiger partial charge in [-0.3, -0.25) is 0 Å². The van der Waals surface area contributed by atoms with Gasteiger partial charge in [0, 0.05) is 10.2 Å². The van der Waals surface area contributed by atoms with Crippen LogP contribution in [0.1, 0.15) is 42.6 Å². The molecule has 0 aromatic heterocycles. The second-order valence-electron chi connectivity index (χ2n) is 4.60. The minimum absolute atomic E-state index is 0.249. The van der Waals surface area contributed by atoms with E-state index in [2.05, 4.69) is 15.9 Å². The Balaban J connectivity index is 2.94. The Morgan fingerprint density at radius 2 is 2.00 bits per heavy atom. The first-order chi connectivity index (χ1) is 9.90. The Kier molecular flexibility index (Phi) is 6.68. The number of nitrogens with two attached hydrogens (primary N) is 1. The second kappa shape index (κ2) is 8.02. The zero-order valence-corrected chi connectivity index (χ0v) is 14.0. The monoisotopic (exact) mass is 357 g/mol. The van der Waals surface area contributed by atoms with E-state index in [4.69, 9.17) is 15.2 Å². The summed E-state index contributed by atoms with van der Waals surface area (Å²) in [5, 5.41) is 0. The molecular weight excluding hydrogens is 338 g/mol. The molecule has 21 heavy (non-hydrogen) atoms. The third-order valence-corrected chi connectivity index (χ3v) is 3.44. The summed E-state index contributed by atoms with van der Waals surface area (Å²) < 4.78 is 10.9.